The molecule has 2 aromatic carbocycles. The summed E-state index contributed by atoms with van der Waals surface area (Å²) in [6.45, 7) is 3.80. The molecule has 1 unspecified atom stereocenters. The van der Waals surface area contributed by atoms with Crippen LogP contribution in [0.2, 0.25) is 0 Å². The lowest BCUT2D eigenvalue weighted by atomic mass is 9.98. The van der Waals surface area contributed by atoms with E-state index in [1.165, 1.54) is 6.20 Å². The van der Waals surface area contributed by atoms with Crippen LogP contribution in [-0.2, 0) is 27.4 Å². The second kappa shape index (κ2) is 11.2. The van der Waals surface area contributed by atoms with E-state index >= 15 is 0 Å². The molecule has 0 bridgehead atoms. The lowest BCUT2D eigenvalue weighted by Crippen LogP contribution is -2.52. The van der Waals surface area contributed by atoms with E-state index in [0.29, 0.717) is 12.8 Å². The van der Waals surface area contributed by atoms with Crippen LogP contribution in [0.5, 0.6) is 0 Å². The number of hydrogen-bond acceptors (Lipinski definition) is 5. The average Bonchev–Trinajstić information content (AvgIpc) is 2.79. The number of rotatable bonds is 9. The number of ether oxygens (including phenoxy) is 1. The highest BCUT2D eigenvalue weighted by atomic mass is 16.5. The van der Waals surface area contributed by atoms with Gasteiger partial charge in [-0.25, -0.2) is 4.79 Å². The third-order valence-corrected chi connectivity index (χ3v) is 5.17. The van der Waals surface area contributed by atoms with Crippen LogP contribution in [-0.4, -0.2) is 29.6 Å². The maximum absolute atomic E-state index is 12.4. The van der Waals surface area contributed by atoms with Crippen molar-refractivity contribution in [3.05, 3.63) is 83.7 Å². The molecule has 3 rings (SSSR count). The smallest absolute Gasteiger partial charge is 0.407 e. The Balaban J connectivity index is 1.40. The first-order chi connectivity index (χ1) is 15.8. The summed E-state index contributed by atoms with van der Waals surface area (Å²) in [5.41, 5.74) is 1.49. The number of amides is 3. The molecule has 1 atom stereocenters. The van der Waals surface area contributed by atoms with Crippen LogP contribution in [0.15, 0.2) is 72.6 Å². The molecule has 0 fully saturated rings. The fourth-order valence-electron chi connectivity index (χ4n) is 3.32. The van der Waals surface area contributed by atoms with Gasteiger partial charge in [-0.3, -0.25) is 9.59 Å². The normalized spacial score (nSPS) is 15.5. The quantitative estimate of drug-likeness (QED) is 0.470. The van der Waals surface area contributed by atoms with E-state index in [-0.39, 0.29) is 36.7 Å². The van der Waals surface area contributed by atoms with Gasteiger partial charge in [-0.05, 0) is 31.4 Å². The molecule has 0 aliphatic carbocycles. The van der Waals surface area contributed by atoms with Gasteiger partial charge in [0.25, 0.3) is 5.91 Å². The lowest BCUT2D eigenvalue weighted by Gasteiger charge is -2.27. The highest BCUT2D eigenvalue weighted by Crippen LogP contribution is 2.13. The van der Waals surface area contributed by atoms with Crippen molar-refractivity contribution in [3.63, 3.8) is 0 Å². The van der Waals surface area contributed by atoms with E-state index < -0.39 is 11.6 Å². The molecule has 0 aromatic heterocycles. The van der Waals surface area contributed by atoms with Crippen molar-refractivity contribution in [1.29, 1.82) is 0 Å². The Hall–Kier alpha value is -3.81. The highest BCUT2D eigenvalue weighted by Gasteiger charge is 2.25. The Labute approximate surface area is 193 Å². The van der Waals surface area contributed by atoms with Crippen LogP contribution in [0.3, 0.4) is 0 Å². The van der Waals surface area contributed by atoms with Gasteiger partial charge in [0, 0.05) is 24.6 Å². The van der Waals surface area contributed by atoms with E-state index in [4.69, 9.17) is 4.74 Å². The Morgan fingerprint density at radius 1 is 1.00 bits per heavy atom. The zero-order chi connectivity index (χ0) is 23.7. The SMILES string of the molecule is CC(C)(CCC(=O)NC1=CNC(Cc2ccccc2)NC1=O)NC(=O)OCc1ccccc1. The summed E-state index contributed by atoms with van der Waals surface area (Å²) in [7, 11) is 0. The molecule has 0 saturated heterocycles. The molecule has 0 spiro atoms. The third-order valence-electron chi connectivity index (χ3n) is 5.17. The van der Waals surface area contributed by atoms with Gasteiger partial charge >= 0.3 is 6.09 Å². The summed E-state index contributed by atoms with van der Waals surface area (Å²) >= 11 is 0. The topological polar surface area (TPSA) is 109 Å². The van der Waals surface area contributed by atoms with Gasteiger partial charge in [0.2, 0.25) is 5.91 Å². The van der Waals surface area contributed by atoms with Crippen molar-refractivity contribution in [3.8, 4) is 0 Å². The molecule has 174 valence electrons. The maximum atomic E-state index is 12.4. The summed E-state index contributed by atoms with van der Waals surface area (Å²) in [5, 5.41) is 11.3. The summed E-state index contributed by atoms with van der Waals surface area (Å²) < 4.78 is 5.24. The largest absolute Gasteiger partial charge is 0.445 e. The van der Waals surface area contributed by atoms with Gasteiger partial charge in [-0.1, -0.05) is 60.7 Å². The minimum Gasteiger partial charge on any atom is -0.445 e. The number of hydrogen-bond donors (Lipinski definition) is 4. The molecule has 1 aliphatic heterocycles. The number of nitrogens with one attached hydrogen (secondary N) is 4. The molecular formula is C25H30N4O4. The van der Waals surface area contributed by atoms with Crippen molar-refractivity contribution in [2.75, 3.05) is 0 Å². The number of carbonyl (C=O) groups excluding carboxylic acids is 3. The third kappa shape index (κ3) is 7.99. The lowest BCUT2D eigenvalue weighted by molar-refractivity contribution is -0.124. The van der Waals surface area contributed by atoms with Crippen molar-refractivity contribution in [1.82, 2.24) is 21.3 Å². The molecule has 1 heterocycles. The van der Waals surface area contributed by atoms with Crippen molar-refractivity contribution in [2.45, 2.75) is 51.4 Å². The maximum Gasteiger partial charge on any atom is 0.407 e. The minimum absolute atomic E-state index is 0.129. The van der Waals surface area contributed by atoms with E-state index in [9.17, 15) is 14.4 Å². The predicted molar refractivity (Wildman–Crippen MR) is 125 cm³/mol. The zero-order valence-electron chi connectivity index (χ0n) is 18.9. The monoisotopic (exact) mass is 450 g/mol. The second-order valence-corrected chi connectivity index (χ2v) is 8.56. The van der Waals surface area contributed by atoms with E-state index in [2.05, 4.69) is 21.3 Å². The molecule has 0 saturated carbocycles. The van der Waals surface area contributed by atoms with Gasteiger partial charge < -0.3 is 26.0 Å². The zero-order valence-corrected chi connectivity index (χ0v) is 18.9. The molecule has 8 nitrogen and oxygen atoms in total. The van der Waals surface area contributed by atoms with E-state index in [1.807, 2.05) is 74.5 Å². The standard InChI is InChI=1S/C25H30N4O4/c1-25(2,29-24(32)33-17-19-11-7-4-8-12-19)14-13-22(30)27-20-16-26-21(28-23(20)31)15-18-9-5-3-6-10-18/h3-12,16,21,26H,13-15,17H2,1-2H3,(H,27,30)(H,28,31)(H,29,32). The van der Waals surface area contributed by atoms with Gasteiger partial charge in [-0.15, -0.1) is 0 Å². The van der Waals surface area contributed by atoms with Crippen LogP contribution in [0.25, 0.3) is 0 Å². The average molecular weight is 451 g/mol. The molecular weight excluding hydrogens is 420 g/mol. The summed E-state index contributed by atoms with van der Waals surface area (Å²) in [6.07, 6.45) is 1.86. The first-order valence-corrected chi connectivity index (χ1v) is 10.9. The summed E-state index contributed by atoms with van der Waals surface area (Å²) in [4.78, 5) is 36.8. The Morgan fingerprint density at radius 3 is 2.27 bits per heavy atom. The number of benzene rings is 2. The van der Waals surface area contributed by atoms with Gasteiger partial charge in [-0.2, -0.15) is 0 Å². The molecule has 2 aromatic rings. The molecule has 4 N–H and O–H groups in total. The van der Waals surface area contributed by atoms with Crippen LogP contribution in [0, 0.1) is 0 Å². The van der Waals surface area contributed by atoms with E-state index in [0.717, 1.165) is 11.1 Å². The van der Waals surface area contributed by atoms with Crippen molar-refractivity contribution >= 4 is 17.9 Å². The molecule has 0 radical (unpaired) electrons. The predicted octanol–water partition coefficient (Wildman–Crippen LogP) is 2.72. The Bertz CT molecular complexity index is 990. The molecule has 8 heteroatoms. The van der Waals surface area contributed by atoms with Crippen LogP contribution in [0.4, 0.5) is 4.79 Å². The fraction of sp³-hybridized carbons (Fsp3) is 0.320. The van der Waals surface area contributed by atoms with Gasteiger partial charge in [0.05, 0.1) is 0 Å². The number of alkyl carbamates (subject to hydrolysis) is 1. The first kappa shape index (κ1) is 23.8. The van der Waals surface area contributed by atoms with Crippen LogP contribution >= 0.6 is 0 Å². The van der Waals surface area contributed by atoms with Crippen molar-refractivity contribution in [2.24, 2.45) is 0 Å². The number of carbonyl (C=O) groups is 3. The van der Waals surface area contributed by atoms with Crippen LogP contribution < -0.4 is 21.3 Å². The van der Waals surface area contributed by atoms with Gasteiger partial charge in [0.15, 0.2) is 0 Å². The summed E-state index contributed by atoms with van der Waals surface area (Å²) in [5.74, 6) is -0.655. The Kier molecular flexibility index (Phi) is 8.07. The highest BCUT2D eigenvalue weighted by molar-refractivity contribution is 5.98. The second-order valence-electron chi connectivity index (χ2n) is 8.56. The van der Waals surface area contributed by atoms with Crippen LogP contribution in [0.1, 0.15) is 37.8 Å². The molecule has 3 amide bonds. The van der Waals surface area contributed by atoms with E-state index in [1.54, 1.807) is 0 Å². The summed E-state index contributed by atoms with van der Waals surface area (Å²) in [6, 6.07) is 19.2. The van der Waals surface area contributed by atoms with Gasteiger partial charge in [0.1, 0.15) is 18.5 Å². The molecule has 33 heavy (non-hydrogen) atoms. The fourth-order valence-corrected chi connectivity index (χ4v) is 3.32. The first-order valence-electron chi connectivity index (χ1n) is 10.9. The molecule has 1 aliphatic rings. The van der Waals surface area contributed by atoms with Crippen molar-refractivity contribution < 1.29 is 19.1 Å². The minimum atomic E-state index is -0.659. The Morgan fingerprint density at radius 2 is 1.64 bits per heavy atom.